The molecule has 1 rings (SSSR count). The molecule has 0 aliphatic carbocycles. The monoisotopic (exact) mass is 256 g/mol. The van der Waals surface area contributed by atoms with E-state index >= 15 is 0 Å². The summed E-state index contributed by atoms with van der Waals surface area (Å²) >= 11 is 0. The maximum atomic E-state index is 12.9. The fourth-order valence-electron chi connectivity index (χ4n) is 2.00. The molecule has 4 heteroatoms. The van der Waals surface area contributed by atoms with Crippen molar-refractivity contribution >= 4 is 0 Å². The lowest BCUT2D eigenvalue weighted by Gasteiger charge is -2.30. The highest BCUT2D eigenvalue weighted by Gasteiger charge is 2.30. The Morgan fingerprint density at radius 3 is 2.28 bits per heavy atom. The van der Waals surface area contributed by atoms with Gasteiger partial charge in [0.2, 0.25) is 0 Å². The van der Waals surface area contributed by atoms with Gasteiger partial charge in [0, 0.05) is 18.6 Å². The minimum absolute atomic E-state index is 0.165. The van der Waals surface area contributed by atoms with Crippen LogP contribution in [-0.2, 0) is 10.2 Å². The molecule has 0 unspecified atom stereocenters. The van der Waals surface area contributed by atoms with Gasteiger partial charge in [-0.15, -0.1) is 0 Å². The van der Waals surface area contributed by atoms with Crippen LogP contribution in [0.3, 0.4) is 0 Å². The largest absolute Gasteiger partial charge is 0.395 e. The minimum atomic E-state index is -0.717. The van der Waals surface area contributed by atoms with Crippen LogP contribution in [0.1, 0.15) is 25.3 Å². The van der Waals surface area contributed by atoms with Gasteiger partial charge in [0.05, 0.1) is 13.2 Å². The summed E-state index contributed by atoms with van der Waals surface area (Å²) < 4.78 is 18.1. The van der Waals surface area contributed by atoms with Crippen molar-refractivity contribution in [1.29, 1.82) is 0 Å². The van der Waals surface area contributed by atoms with E-state index in [1.807, 2.05) is 6.92 Å². The van der Waals surface area contributed by atoms with E-state index in [1.165, 1.54) is 12.1 Å². The molecule has 0 aliphatic heterocycles. The van der Waals surface area contributed by atoms with Crippen molar-refractivity contribution in [3.63, 3.8) is 0 Å². The molecule has 0 saturated carbocycles. The Hall–Kier alpha value is -0.970. The van der Waals surface area contributed by atoms with Gasteiger partial charge >= 0.3 is 0 Å². The van der Waals surface area contributed by atoms with Crippen LogP contribution in [0, 0.1) is 5.82 Å². The third-order valence-electron chi connectivity index (χ3n) is 3.21. The molecule has 18 heavy (non-hydrogen) atoms. The molecular formula is C14H21FO3. The average molecular weight is 256 g/mol. The smallest absolute Gasteiger partial charge is 0.123 e. The van der Waals surface area contributed by atoms with Crippen LogP contribution in [0.15, 0.2) is 24.3 Å². The van der Waals surface area contributed by atoms with Crippen molar-refractivity contribution in [2.24, 2.45) is 0 Å². The summed E-state index contributed by atoms with van der Waals surface area (Å²) in [6.45, 7) is 2.84. The molecule has 0 heterocycles. The molecule has 0 bridgehead atoms. The Morgan fingerprint density at radius 2 is 1.78 bits per heavy atom. The molecule has 0 spiro atoms. The molecule has 0 amide bonds. The number of aliphatic hydroxyl groups excluding tert-OH is 2. The van der Waals surface area contributed by atoms with Crippen molar-refractivity contribution in [3.05, 3.63) is 35.6 Å². The van der Waals surface area contributed by atoms with E-state index in [-0.39, 0.29) is 19.0 Å². The normalized spacial score (nSPS) is 11.8. The van der Waals surface area contributed by atoms with E-state index in [4.69, 9.17) is 4.74 Å². The summed E-state index contributed by atoms with van der Waals surface area (Å²) in [5.41, 5.74) is 0.0375. The standard InChI is InChI=1S/C14H21FO3/c1-2-18-9-3-8-14(10-16,11-17)12-4-6-13(15)7-5-12/h4-7,16-17H,2-3,8-11H2,1H3. The van der Waals surface area contributed by atoms with Crippen molar-refractivity contribution < 1.29 is 19.3 Å². The first-order valence-electron chi connectivity index (χ1n) is 6.24. The minimum Gasteiger partial charge on any atom is -0.395 e. The number of benzene rings is 1. The van der Waals surface area contributed by atoms with Gasteiger partial charge in [-0.25, -0.2) is 4.39 Å². The molecule has 1 aromatic rings. The van der Waals surface area contributed by atoms with Crippen LogP contribution in [0.4, 0.5) is 4.39 Å². The highest BCUT2D eigenvalue weighted by atomic mass is 19.1. The van der Waals surface area contributed by atoms with E-state index in [1.54, 1.807) is 12.1 Å². The van der Waals surface area contributed by atoms with Gasteiger partial charge < -0.3 is 14.9 Å². The second-order valence-corrected chi connectivity index (χ2v) is 4.40. The zero-order valence-electron chi connectivity index (χ0n) is 10.7. The molecule has 0 aliphatic rings. The molecule has 0 saturated heterocycles. The summed E-state index contributed by atoms with van der Waals surface area (Å²) in [6, 6.07) is 5.92. The summed E-state index contributed by atoms with van der Waals surface area (Å²) in [5, 5.41) is 19.1. The predicted molar refractivity (Wildman–Crippen MR) is 68.0 cm³/mol. The Morgan fingerprint density at radius 1 is 1.17 bits per heavy atom. The lowest BCUT2D eigenvalue weighted by atomic mass is 9.78. The highest BCUT2D eigenvalue weighted by molar-refractivity contribution is 5.26. The number of aliphatic hydroxyl groups is 2. The van der Waals surface area contributed by atoms with Crippen LogP contribution >= 0.6 is 0 Å². The summed E-state index contributed by atoms with van der Waals surface area (Å²) in [6.07, 6.45) is 1.35. The first kappa shape index (κ1) is 15.1. The Balaban J connectivity index is 2.75. The van der Waals surface area contributed by atoms with Crippen molar-refractivity contribution in [2.75, 3.05) is 26.4 Å². The van der Waals surface area contributed by atoms with Crippen molar-refractivity contribution in [2.45, 2.75) is 25.2 Å². The maximum absolute atomic E-state index is 12.9. The zero-order chi connectivity index (χ0) is 13.4. The van der Waals surface area contributed by atoms with Gasteiger partial charge in [-0.3, -0.25) is 0 Å². The topological polar surface area (TPSA) is 49.7 Å². The van der Waals surface area contributed by atoms with E-state index in [2.05, 4.69) is 0 Å². The first-order chi connectivity index (χ1) is 8.68. The van der Waals surface area contributed by atoms with Crippen LogP contribution in [0.2, 0.25) is 0 Å². The number of rotatable bonds is 8. The molecule has 3 nitrogen and oxygen atoms in total. The van der Waals surface area contributed by atoms with Gasteiger partial charge in [0.25, 0.3) is 0 Å². The fraction of sp³-hybridized carbons (Fsp3) is 0.571. The van der Waals surface area contributed by atoms with Crippen molar-refractivity contribution in [3.8, 4) is 0 Å². The van der Waals surface area contributed by atoms with E-state index in [0.717, 1.165) is 12.0 Å². The molecule has 102 valence electrons. The SMILES string of the molecule is CCOCCCC(CO)(CO)c1ccc(F)cc1. The first-order valence-corrected chi connectivity index (χ1v) is 6.24. The third kappa shape index (κ3) is 3.77. The van der Waals surface area contributed by atoms with E-state index in [0.29, 0.717) is 19.6 Å². The lowest BCUT2D eigenvalue weighted by molar-refractivity contribution is 0.0891. The van der Waals surface area contributed by atoms with Gasteiger partial charge in [-0.2, -0.15) is 0 Å². The molecule has 0 aromatic heterocycles. The van der Waals surface area contributed by atoms with Gasteiger partial charge in [-0.05, 0) is 37.5 Å². The third-order valence-corrected chi connectivity index (χ3v) is 3.21. The lowest BCUT2D eigenvalue weighted by Crippen LogP contribution is -2.35. The molecule has 0 fully saturated rings. The summed E-state index contributed by atoms with van der Waals surface area (Å²) in [7, 11) is 0. The Kier molecular flexibility index (Phi) is 6.25. The fourth-order valence-corrected chi connectivity index (χ4v) is 2.00. The average Bonchev–Trinajstić information content (AvgIpc) is 2.41. The molecule has 0 atom stereocenters. The quantitative estimate of drug-likeness (QED) is 0.698. The van der Waals surface area contributed by atoms with Crippen LogP contribution in [0.25, 0.3) is 0 Å². The number of ether oxygens (including phenoxy) is 1. The Bertz CT molecular complexity index is 333. The number of halogens is 1. The molecule has 1 aromatic carbocycles. The van der Waals surface area contributed by atoms with Crippen LogP contribution in [0.5, 0.6) is 0 Å². The highest BCUT2D eigenvalue weighted by Crippen LogP contribution is 2.29. The molecule has 2 N–H and O–H groups in total. The predicted octanol–water partition coefficient (Wildman–Crippen LogP) is 1.86. The summed E-state index contributed by atoms with van der Waals surface area (Å²) in [5.74, 6) is -0.321. The van der Waals surface area contributed by atoms with Crippen LogP contribution in [-0.4, -0.2) is 36.6 Å². The van der Waals surface area contributed by atoms with Gasteiger partial charge in [0.1, 0.15) is 5.82 Å². The second-order valence-electron chi connectivity index (χ2n) is 4.40. The van der Waals surface area contributed by atoms with Gasteiger partial charge in [-0.1, -0.05) is 12.1 Å². The molecule has 0 radical (unpaired) electrons. The number of hydrogen-bond donors (Lipinski definition) is 2. The van der Waals surface area contributed by atoms with Gasteiger partial charge in [0.15, 0.2) is 0 Å². The van der Waals surface area contributed by atoms with Crippen LogP contribution < -0.4 is 0 Å². The molecular weight excluding hydrogens is 235 g/mol. The Labute approximate surface area is 107 Å². The maximum Gasteiger partial charge on any atom is 0.123 e. The second kappa shape index (κ2) is 7.46. The summed E-state index contributed by atoms with van der Waals surface area (Å²) in [4.78, 5) is 0. The number of hydrogen-bond acceptors (Lipinski definition) is 3. The zero-order valence-corrected chi connectivity index (χ0v) is 10.7. The van der Waals surface area contributed by atoms with Crippen molar-refractivity contribution in [1.82, 2.24) is 0 Å². The van der Waals surface area contributed by atoms with E-state index < -0.39 is 5.41 Å². The van der Waals surface area contributed by atoms with E-state index in [9.17, 15) is 14.6 Å².